The molecule has 0 radical (unpaired) electrons. The number of halogens is 3. The van der Waals surface area contributed by atoms with Crippen molar-refractivity contribution in [3.63, 3.8) is 0 Å². The van der Waals surface area contributed by atoms with Gasteiger partial charge in [-0.1, -0.05) is 0 Å². The molecule has 0 aromatic heterocycles. The van der Waals surface area contributed by atoms with E-state index in [4.69, 9.17) is 11.5 Å². The summed E-state index contributed by atoms with van der Waals surface area (Å²) in [7, 11) is 0. The summed E-state index contributed by atoms with van der Waals surface area (Å²) in [6.45, 7) is -0.487. The van der Waals surface area contributed by atoms with Gasteiger partial charge in [-0.3, -0.25) is 9.59 Å². The second kappa shape index (κ2) is 4.88. The number of terminal acetylenes is 1. The Morgan fingerprint density at radius 2 is 1.83 bits per heavy atom. The molecule has 1 aliphatic heterocycles. The molecule has 0 saturated carbocycles. The van der Waals surface area contributed by atoms with Gasteiger partial charge in [0, 0.05) is 19.5 Å². The van der Waals surface area contributed by atoms with Crippen molar-refractivity contribution >= 4 is 11.9 Å². The molecule has 0 aromatic rings. The van der Waals surface area contributed by atoms with E-state index in [-0.39, 0.29) is 32.4 Å². The number of carboxylic acids is 1. The second-order valence-electron chi connectivity index (χ2n) is 4.26. The molecule has 1 N–H and O–H groups in total. The number of carbonyl (C=O) groups excluding carboxylic acids is 1. The van der Waals surface area contributed by atoms with Crippen LogP contribution in [0.25, 0.3) is 0 Å². The predicted octanol–water partition coefficient (Wildman–Crippen LogP) is 1.27. The van der Waals surface area contributed by atoms with Crippen LogP contribution in [-0.4, -0.2) is 41.1 Å². The van der Waals surface area contributed by atoms with Gasteiger partial charge in [-0.15, -0.1) is 12.3 Å². The van der Waals surface area contributed by atoms with E-state index >= 15 is 0 Å². The number of piperidine rings is 1. The minimum Gasteiger partial charge on any atom is -0.481 e. The lowest BCUT2D eigenvalue weighted by Gasteiger charge is -2.38. The minimum absolute atomic E-state index is 0.0453. The molecule has 0 unspecified atom stereocenters. The highest BCUT2D eigenvalue weighted by molar-refractivity contribution is 5.82. The number of amides is 1. The highest BCUT2D eigenvalue weighted by Crippen LogP contribution is 2.36. The van der Waals surface area contributed by atoms with Crippen LogP contribution in [0.3, 0.4) is 0 Å². The smallest absolute Gasteiger partial charge is 0.471 e. The highest BCUT2D eigenvalue weighted by atomic mass is 19.4. The normalized spacial score (nSPS) is 19.1. The number of carbonyl (C=O) groups is 2. The number of aliphatic carboxylic acids is 1. The summed E-state index contributed by atoms with van der Waals surface area (Å²) in [6.07, 6.45) is -0.0167. The Hall–Kier alpha value is -1.71. The Morgan fingerprint density at radius 1 is 1.33 bits per heavy atom. The quantitative estimate of drug-likeness (QED) is 0.763. The lowest BCUT2D eigenvalue weighted by atomic mass is 9.76. The second-order valence-corrected chi connectivity index (χ2v) is 4.26. The van der Waals surface area contributed by atoms with Gasteiger partial charge in [0.25, 0.3) is 0 Å². The number of rotatable bonds is 2. The molecule has 0 aromatic carbocycles. The summed E-state index contributed by atoms with van der Waals surface area (Å²) in [6, 6.07) is 0. The first-order valence-electron chi connectivity index (χ1n) is 5.26. The fourth-order valence-corrected chi connectivity index (χ4v) is 1.98. The average Bonchev–Trinajstić information content (AvgIpc) is 2.28. The SMILES string of the molecule is C#CCC1(C(=O)O)CCN(C(=O)C(F)(F)F)CC1. The van der Waals surface area contributed by atoms with Crippen molar-refractivity contribution in [1.82, 2.24) is 4.90 Å². The van der Waals surface area contributed by atoms with Crippen molar-refractivity contribution in [3.8, 4) is 12.3 Å². The first-order chi connectivity index (χ1) is 8.23. The molecule has 1 aliphatic rings. The van der Waals surface area contributed by atoms with Crippen LogP contribution in [0.4, 0.5) is 13.2 Å². The summed E-state index contributed by atoms with van der Waals surface area (Å²) < 4.78 is 36.6. The van der Waals surface area contributed by atoms with Crippen LogP contribution in [0.15, 0.2) is 0 Å². The molecule has 7 heteroatoms. The van der Waals surface area contributed by atoms with Gasteiger partial charge >= 0.3 is 18.1 Å². The van der Waals surface area contributed by atoms with E-state index in [2.05, 4.69) is 5.92 Å². The maximum Gasteiger partial charge on any atom is 0.471 e. The molecule has 18 heavy (non-hydrogen) atoms. The van der Waals surface area contributed by atoms with Gasteiger partial charge in [0.1, 0.15) is 0 Å². The third-order valence-corrected chi connectivity index (χ3v) is 3.14. The van der Waals surface area contributed by atoms with Crippen LogP contribution in [0.2, 0.25) is 0 Å². The number of nitrogens with zero attached hydrogens (tertiary/aromatic N) is 1. The van der Waals surface area contributed by atoms with Gasteiger partial charge in [0.05, 0.1) is 5.41 Å². The summed E-state index contributed by atoms with van der Waals surface area (Å²) in [5, 5.41) is 9.08. The molecular weight excluding hydrogens is 251 g/mol. The zero-order valence-corrected chi connectivity index (χ0v) is 9.46. The van der Waals surface area contributed by atoms with Crippen LogP contribution < -0.4 is 0 Å². The minimum atomic E-state index is -4.92. The van der Waals surface area contributed by atoms with Crippen LogP contribution in [0.1, 0.15) is 19.3 Å². The Labute approximate surface area is 102 Å². The molecule has 4 nitrogen and oxygen atoms in total. The van der Waals surface area contributed by atoms with Crippen molar-refractivity contribution in [2.75, 3.05) is 13.1 Å². The van der Waals surface area contributed by atoms with Crippen LogP contribution in [0, 0.1) is 17.8 Å². The van der Waals surface area contributed by atoms with Crippen molar-refractivity contribution < 1.29 is 27.9 Å². The summed E-state index contributed by atoms with van der Waals surface area (Å²) in [4.78, 5) is 22.7. The molecule has 0 bridgehead atoms. The fraction of sp³-hybridized carbons (Fsp3) is 0.636. The maximum atomic E-state index is 12.2. The number of hydrogen-bond donors (Lipinski definition) is 1. The Morgan fingerprint density at radius 3 is 2.17 bits per heavy atom. The van der Waals surface area contributed by atoms with Crippen molar-refractivity contribution in [2.45, 2.75) is 25.4 Å². The Balaban J connectivity index is 2.73. The van der Waals surface area contributed by atoms with Crippen molar-refractivity contribution in [2.24, 2.45) is 5.41 Å². The Bertz CT molecular complexity index is 389. The Kier molecular flexibility index (Phi) is 3.89. The lowest BCUT2D eigenvalue weighted by molar-refractivity contribution is -0.188. The van der Waals surface area contributed by atoms with Gasteiger partial charge in [-0.25, -0.2) is 0 Å². The van der Waals surface area contributed by atoms with E-state index < -0.39 is 23.5 Å². The molecule has 0 atom stereocenters. The lowest BCUT2D eigenvalue weighted by Crippen LogP contribution is -2.50. The molecule has 1 amide bonds. The van der Waals surface area contributed by atoms with Gasteiger partial charge < -0.3 is 10.0 Å². The summed E-state index contributed by atoms with van der Waals surface area (Å²) in [5.41, 5.74) is -1.21. The van der Waals surface area contributed by atoms with E-state index in [0.29, 0.717) is 4.90 Å². The van der Waals surface area contributed by atoms with Crippen molar-refractivity contribution in [3.05, 3.63) is 0 Å². The van der Waals surface area contributed by atoms with E-state index in [0.717, 1.165) is 0 Å². The van der Waals surface area contributed by atoms with Crippen molar-refractivity contribution in [1.29, 1.82) is 0 Å². The first-order valence-corrected chi connectivity index (χ1v) is 5.26. The van der Waals surface area contributed by atoms with E-state index in [1.807, 2.05) is 0 Å². The van der Waals surface area contributed by atoms with Crippen LogP contribution in [0.5, 0.6) is 0 Å². The number of carboxylic acid groups (broad SMARTS) is 1. The highest BCUT2D eigenvalue weighted by Gasteiger charge is 2.47. The topological polar surface area (TPSA) is 57.6 Å². The standard InChI is InChI=1S/C11H12F3NO3/c1-2-3-10(9(17)18)4-6-15(7-5-10)8(16)11(12,13)14/h1H,3-7H2,(H,17,18). The molecule has 1 rings (SSSR count). The molecular formula is C11H12F3NO3. The van der Waals surface area contributed by atoms with E-state index in [1.54, 1.807) is 0 Å². The zero-order chi connectivity index (χ0) is 14.0. The van der Waals surface area contributed by atoms with Crippen LogP contribution >= 0.6 is 0 Å². The van der Waals surface area contributed by atoms with Crippen LogP contribution in [-0.2, 0) is 9.59 Å². The first kappa shape index (κ1) is 14.4. The largest absolute Gasteiger partial charge is 0.481 e. The molecule has 100 valence electrons. The third kappa shape index (κ3) is 2.75. The maximum absolute atomic E-state index is 12.2. The number of alkyl halides is 3. The average molecular weight is 263 g/mol. The monoisotopic (exact) mass is 263 g/mol. The predicted molar refractivity (Wildman–Crippen MR) is 55.4 cm³/mol. The molecule has 1 saturated heterocycles. The molecule has 0 aliphatic carbocycles. The molecule has 1 fully saturated rings. The third-order valence-electron chi connectivity index (χ3n) is 3.14. The molecule has 1 heterocycles. The summed E-state index contributed by atoms with van der Waals surface area (Å²) in [5.74, 6) is -0.827. The molecule has 0 spiro atoms. The van der Waals surface area contributed by atoms with Gasteiger partial charge in [0.2, 0.25) is 0 Å². The van der Waals surface area contributed by atoms with E-state index in [1.165, 1.54) is 0 Å². The van der Waals surface area contributed by atoms with Gasteiger partial charge in [-0.2, -0.15) is 13.2 Å². The van der Waals surface area contributed by atoms with Gasteiger partial charge in [-0.05, 0) is 12.8 Å². The number of likely N-dealkylation sites (tertiary alicyclic amines) is 1. The van der Waals surface area contributed by atoms with E-state index in [9.17, 15) is 22.8 Å². The fourth-order valence-electron chi connectivity index (χ4n) is 1.98. The van der Waals surface area contributed by atoms with Gasteiger partial charge in [0.15, 0.2) is 0 Å². The summed E-state index contributed by atoms with van der Waals surface area (Å²) >= 11 is 0. The number of hydrogen-bond acceptors (Lipinski definition) is 2. The zero-order valence-electron chi connectivity index (χ0n) is 9.46.